The van der Waals surface area contributed by atoms with Crippen LogP contribution in [0.5, 0.6) is 0 Å². The van der Waals surface area contributed by atoms with E-state index in [9.17, 15) is 9.59 Å². The second-order valence-corrected chi connectivity index (χ2v) is 6.99. The molecular weight excluding hydrogens is 258 g/mol. The first-order valence-electron chi connectivity index (χ1n) is 7.11. The number of carbonyl (C=O) groups excluding carboxylic acids is 2. The minimum Gasteiger partial charge on any atom is -0.469 e. The Bertz CT molecular complexity index is 371. The quantitative estimate of drug-likeness (QED) is 0.799. The molecule has 0 saturated carbocycles. The number of esters is 2. The zero-order valence-corrected chi connectivity index (χ0v) is 13.4. The van der Waals surface area contributed by atoms with Crippen LogP contribution in [0.4, 0.5) is 0 Å². The van der Waals surface area contributed by atoms with Crippen LogP contribution in [0.2, 0.25) is 0 Å². The van der Waals surface area contributed by atoms with E-state index in [1.165, 1.54) is 7.11 Å². The molecule has 5 heteroatoms. The first kappa shape index (κ1) is 17.0. The molecule has 2 atom stereocenters. The van der Waals surface area contributed by atoms with E-state index >= 15 is 0 Å². The summed E-state index contributed by atoms with van der Waals surface area (Å²) in [6.07, 6.45) is 0.964. The highest BCUT2D eigenvalue weighted by Crippen LogP contribution is 2.35. The number of nitrogens with one attached hydrogen (secondary N) is 1. The summed E-state index contributed by atoms with van der Waals surface area (Å²) in [5.74, 6) is -0.578. The molecule has 0 aromatic heterocycles. The average molecular weight is 285 g/mol. The van der Waals surface area contributed by atoms with Gasteiger partial charge in [-0.25, -0.2) is 0 Å². The van der Waals surface area contributed by atoms with E-state index in [1.807, 2.05) is 34.6 Å². The summed E-state index contributed by atoms with van der Waals surface area (Å²) in [5, 5.41) is 3.35. The molecular formula is C15H27NO4. The first-order valence-corrected chi connectivity index (χ1v) is 7.11. The molecule has 0 spiro atoms. The van der Waals surface area contributed by atoms with Gasteiger partial charge in [0.05, 0.1) is 13.0 Å². The minimum absolute atomic E-state index is 0.0962. The highest BCUT2D eigenvalue weighted by Gasteiger charge is 2.47. The van der Waals surface area contributed by atoms with Crippen molar-refractivity contribution in [1.82, 2.24) is 5.32 Å². The molecule has 5 nitrogen and oxygen atoms in total. The normalized spacial score (nSPS) is 25.3. The molecule has 0 bridgehead atoms. The fourth-order valence-electron chi connectivity index (χ4n) is 2.74. The van der Waals surface area contributed by atoms with Gasteiger partial charge in [-0.15, -0.1) is 0 Å². The van der Waals surface area contributed by atoms with Crippen molar-refractivity contribution in [3.8, 4) is 0 Å². The van der Waals surface area contributed by atoms with Gasteiger partial charge in [0.25, 0.3) is 0 Å². The van der Waals surface area contributed by atoms with Crippen LogP contribution >= 0.6 is 0 Å². The zero-order valence-electron chi connectivity index (χ0n) is 13.4. The topological polar surface area (TPSA) is 64.6 Å². The van der Waals surface area contributed by atoms with Crippen molar-refractivity contribution < 1.29 is 19.1 Å². The van der Waals surface area contributed by atoms with Crippen molar-refractivity contribution in [3.63, 3.8) is 0 Å². The van der Waals surface area contributed by atoms with Gasteiger partial charge >= 0.3 is 11.9 Å². The van der Waals surface area contributed by atoms with Gasteiger partial charge in [0.1, 0.15) is 5.60 Å². The lowest BCUT2D eigenvalue weighted by Gasteiger charge is -2.31. The molecule has 1 aliphatic heterocycles. The highest BCUT2D eigenvalue weighted by molar-refractivity contribution is 5.75. The maximum atomic E-state index is 12.4. The molecule has 1 N–H and O–H groups in total. The largest absolute Gasteiger partial charge is 0.469 e. The maximum absolute atomic E-state index is 12.4. The second-order valence-electron chi connectivity index (χ2n) is 6.99. The van der Waals surface area contributed by atoms with Crippen LogP contribution in [0.1, 0.15) is 47.5 Å². The third kappa shape index (κ3) is 4.47. The summed E-state index contributed by atoms with van der Waals surface area (Å²) >= 11 is 0. The van der Waals surface area contributed by atoms with Gasteiger partial charge in [0.2, 0.25) is 0 Å². The average Bonchev–Trinajstić information content (AvgIpc) is 2.59. The van der Waals surface area contributed by atoms with E-state index in [4.69, 9.17) is 4.74 Å². The second kappa shape index (κ2) is 6.12. The monoisotopic (exact) mass is 285 g/mol. The minimum atomic E-state index is -0.497. The molecule has 1 heterocycles. The van der Waals surface area contributed by atoms with Crippen LogP contribution in [-0.4, -0.2) is 36.7 Å². The van der Waals surface area contributed by atoms with Gasteiger partial charge in [-0.05, 0) is 53.5 Å². The van der Waals surface area contributed by atoms with E-state index in [0.717, 1.165) is 0 Å². The van der Waals surface area contributed by atoms with Gasteiger partial charge in [-0.3, -0.25) is 9.59 Å². The van der Waals surface area contributed by atoms with Crippen LogP contribution in [0.3, 0.4) is 0 Å². The van der Waals surface area contributed by atoms with Crippen LogP contribution in [-0.2, 0) is 19.1 Å². The molecule has 1 aliphatic rings. The van der Waals surface area contributed by atoms with Crippen molar-refractivity contribution in [2.24, 2.45) is 11.8 Å². The van der Waals surface area contributed by atoms with Gasteiger partial charge in [0, 0.05) is 12.0 Å². The number of ether oxygens (including phenoxy) is 2. The Hall–Kier alpha value is -1.10. The van der Waals surface area contributed by atoms with Crippen molar-refractivity contribution in [3.05, 3.63) is 0 Å². The molecule has 20 heavy (non-hydrogen) atoms. The molecule has 0 radical (unpaired) electrons. The van der Waals surface area contributed by atoms with Crippen molar-refractivity contribution in [2.75, 3.05) is 13.7 Å². The van der Waals surface area contributed by atoms with E-state index < -0.39 is 5.60 Å². The third-order valence-electron chi connectivity index (χ3n) is 3.68. The van der Waals surface area contributed by atoms with Crippen molar-refractivity contribution in [2.45, 2.75) is 58.6 Å². The smallest absolute Gasteiger partial charge is 0.311 e. The summed E-state index contributed by atoms with van der Waals surface area (Å²) < 4.78 is 10.2. The molecule has 0 unspecified atom stereocenters. The van der Waals surface area contributed by atoms with Gasteiger partial charge in [0.15, 0.2) is 0 Å². The van der Waals surface area contributed by atoms with Crippen LogP contribution in [0, 0.1) is 11.8 Å². The Balaban J connectivity index is 2.75. The molecule has 116 valence electrons. The van der Waals surface area contributed by atoms with E-state index in [-0.39, 0.29) is 29.3 Å². The Labute approximate surface area is 121 Å². The Morgan fingerprint density at radius 1 is 1.30 bits per heavy atom. The summed E-state index contributed by atoms with van der Waals surface area (Å²) in [4.78, 5) is 23.7. The zero-order chi connectivity index (χ0) is 15.6. The number of hydrogen-bond donors (Lipinski definition) is 1. The van der Waals surface area contributed by atoms with Crippen LogP contribution < -0.4 is 5.32 Å². The fraction of sp³-hybridized carbons (Fsp3) is 0.867. The van der Waals surface area contributed by atoms with E-state index in [2.05, 4.69) is 10.1 Å². The molecule has 0 aliphatic carbocycles. The Morgan fingerprint density at radius 2 is 1.90 bits per heavy atom. The van der Waals surface area contributed by atoms with E-state index in [0.29, 0.717) is 19.4 Å². The summed E-state index contributed by atoms with van der Waals surface area (Å²) in [6.45, 7) is 10.3. The SMILES string of the molecule is COC(=O)CC[C@@H]1CNC(C)(C)[C@H]1C(=O)OC(C)(C)C. The number of hydrogen-bond acceptors (Lipinski definition) is 5. The molecule has 0 aromatic rings. The summed E-state index contributed by atoms with van der Waals surface area (Å²) in [5.41, 5.74) is -0.814. The molecule has 0 aromatic carbocycles. The van der Waals surface area contributed by atoms with Crippen LogP contribution in [0.25, 0.3) is 0 Å². The summed E-state index contributed by atoms with van der Waals surface area (Å²) in [6, 6.07) is 0. The number of rotatable bonds is 4. The molecule has 1 saturated heterocycles. The lowest BCUT2D eigenvalue weighted by Crippen LogP contribution is -2.44. The standard InChI is InChI=1S/C15H27NO4/c1-14(2,3)20-13(18)12-10(7-8-11(17)19-6)9-16-15(12,4)5/h10,12,16H,7-9H2,1-6H3/t10-,12-/m1/s1. The van der Waals surface area contributed by atoms with Crippen molar-refractivity contribution >= 4 is 11.9 Å². The summed E-state index contributed by atoms with van der Waals surface area (Å²) in [7, 11) is 1.38. The van der Waals surface area contributed by atoms with Gasteiger partial charge in [-0.1, -0.05) is 0 Å². The lowest BCUT2D eigenvalue weighted by atomic mass is 9.80. The van der Waals surface area contributed by atoms with Gasteiger partial charge in [-0.2, -0.15) is 0 Å². The predicted molar refractivity (Wildman–Crippen MR) is 76.2 cm³/mol. The van der Waals surface area contributed by atoms with Crippen molar-refractivity contribution in [1.29, 1.82) is 0 Å². The molecule has 1 rings (SSSR count). The molecule has 0 amide bonds. The maximum Gasteiger partial charge on any atom is 0.311 e. The van der Waals surface area contributed by atoms with Gasteiger partial charge < -0.3 is 14.8 Å². The predicted octanol–water partition coefficient (Wildman–Crippen LogP) is 1.90. The lowest BCUT2D eigenvalue weighted by molar-refractivity contribution is -0.163. The Morgan fingerprint density at radius 3 is 2.40 bits per heavy atom. The molecule has 1 fully saturated rings. The third-order valence-corrected chi connectivity index (χ3v) is 3.68. The fourth-order valence-corrected chi connectivity index (χ4v) is 2.74. The van der Waals surface area contributed by atoms with E-state index in [1.54, 1.807) is 0 Å². The van der Waals surface area contributed by atoms with Crippen LogP contribution in [0.15, 0.2) is 0 Å². The first-order chi connectivity index (χ1) is 9.07. The highest BCUT2D eigenvalue weighted by atomic mass is 16.6. The number of methoxy groups -OCH3 is 1. The Kier molecular flexibility index (Phi) is 5.19. The number of carbonyl (C=O) groups is 2.